The van der Waals surface area contributed by atoms with Gasteiger partial charge in [0.25, 0.3) is 5.56 Å². The SMILES string of the molecule is O=Cc1cc(CBr)[nH]c(=O)c1OC(F)(F)F. The zero-order valence-corrected chi connectivity index (χ0v) is 9.18. The number of rotatable bonds is 3. The maximum atomic E-state index is 11.9. The lowest BCUT2D eigenvalue weighted by Crippen LogP contribution is -2.24. The summed E-state index contributed by atoms with van der Waals surface area (Å²) in [5, 5.41) is 0.204. The molecule has 0 aliphatic carbocycles. The molecule has 1 rings (SSSR count). The number of ether oxygens (including phenoxy) is 1. The Bertz CT molecular complexity index is 455. The van der Waals surface area contributed by atoms with Gasteiger partial charge in [0, 0.05) is 11.0 Å². The van der Waals surface area contributed by atoms with Crippen LogP contribution in [0.3, 0.4) is 0 Å². The summed E-state index contributed by atoms with van der Waals surface area (Å²) in [6.07, 6.45) is -4.89. The standard InChI is InChI=1S/C8H5BrF3NO3/c9-2-5-1-4(3-14)6(7(15)13-5)16-8(10,11)12/h1,3H,2H2,(H,13,15). The maximum Gasteiger partial charge on any atom is 0.573 e. The fourth-order valence-corrected chi connectivity index (χ4v) is 1.31. The molecule has 0 saturated carbocycles. The summed E-state index contributed by atoms with van der Waals surface area (Å²) in [5.74, 6) is -1.05. The minimum absolute atomic E-state index is 0.127. The van der Waals surface area contributed by atoms with E-state index in [-0.39, 0.29) is 17.3 Å². The van der Waals surface area contributed by atoms with Crippen LogP contribution in [0.15, 0.2) is 10.9 Å². The van der Waals surface area contributed by atoms with E-state index in [0.717, 1.165) is 6.07 Å². The highest BCUT2D eigenvalue weighted by Gasteiger charge is 2.33. The lowest BCUT2D eigenvalue weighted by Gasteiger charge is -2.10. The number of halogens is 4. The van der Waals surface area contributed by atoms with Gasteiger partial charge in [-0.15, -0.1) is 13.2 Å². The zero-order valence-electron chi connectivity index (χ0n) is 7.60. The Hall–Kier alpha value is -1.31. The molecule has 16 heavy (non-hydrogen) atoms. The molecule has 0 amide bonds. The third-order valence-electron chi connectivity index (χ3n) is 1.56. The van der Waals surface area contributed by atoms with Gasteiger partial charge in [-0.2, -0.15) is 0 Å². The Morgan fingerprint density at radius 3 is 2.56 bits per heavy atom. The van der Waals surface area contributed by atoms with Gasteiger partial charge in [-0.25, -0.2) is 0 Å². The Morgan fingerprint density at radius 2 is 2.12 bits per heavy atom. The first-order valence-electron chi connectivity index (χ1n) is 3.90. The fraction of sp³-hybridized carbons (Fsp3) is 0.250. The topological polar surface area (TPSA) is 59.2 Å². The molecule has 8 heteroatoms. The van der Waals surface area contributed by atoms with Crippen molar-refractivity contribution in [1.29, 1.82) is 0 Å². The number of nitrogens with one attached hydrogen (secondary N) is 1. The molecule has 1 heterocycles. The van der Waals surface area contributed by atoms with Crippen LogP contribution in [0.25, 0.3) is 0 Å². The van der Waals surface area contributed by atoms with Crippen molar-refractivity contribution in [3.8, 4) is 5.75 Å². The second-order valence-electron chi connectivity index (χ2n) is 2.71. The summed E-state index contributed by atoms with van der Waals surface area (Å²) in [7, 11) is 0. The Kier molecular flexibility index (Phi) is 3.74. The van der Waals surface area contributed by atoms with E-state index in [9.17, 15) is 22.8 Å². The minimum Gasteiger partial charge on any atom is -0.399 e. The van der Waals surface area contributed by atoms with Crippen LogP contribution in [-0.2, 0) is 5.33 Å². The first-order chi connectivity index (χ1) is 7.37. The monoisotopic (exact) mass is 299 g/mol. The molecule has 0 aliphatic heterocycles. The molecule has 0 radical (unpaired) electrons. The number of hydrogen-bond donors (Lipinski definition) is 1. The molecule has 88 valence electrons. The van der Waals surface area contributed by atoms with E-state index >= 15 is 0 Å². The van der Waals surface area contributed by atoms with Crippen LogP contribution < -0.4 is 10.3 Å². The van der Waals surface area contributed by atoms with Gasteiger partial charge in [0.05, 0.1) is 5.56 Å². The maximum absolute atomic E-state index is 11.9. The van der Waals surface area contributed by atoms with Crippen molar-refractivity contribution in [3.05, 3.63) is 27.7 Å². The Labute approximate surface area is 95.5 Å². The largest absolute Gasteiger partial charge is 0.573 e. The summed E-state index contributed by atoms with van der Waals surface area (Å²) in [6.45, 7) is 0. The van der Waals surface area contributed by atoms with E-state index in [2.05, 4.69) is 25.7 Å². The molecule has 1 aromatic heterocycles. The highest BCUT2D eigenvalue weighted by molar-refractivity contribution is 9.08. The summed E-state index contributed by atoms with van der Waals surface area (Å²) in [6, 6.07) is 1.10. The van der Waals surface area contributed by atoms with Gasteiger partial charge in [0.1, 0.15) is 0 Å². The number of H-pyrrole nitrogens is 1. The van der Waals surface area contributed by atoms with Crippen LogP contribution in [0.2, 0.25) is 0 Å². The molecule has 0 saturated heterocycles. The number of carbonyl (C=O) groups is 1. The van der Waals surface area contributed by atoms with Gasteiger partial charge >= 0.3 is 6.36 Å². The molecule has 0 atom stereocenters. The van der Waals surface area contributed by atoms with Crippen molar-refractivity contribution in [1.82, 2.24) is 4.98 Å². The van der Waals surface area contributed by atoms with E-state index in [1.807, 2.05) is 0 Å². The van der Waals surface area contributed by atoms with E-state index in [1.54, 1.807) is 0 Å². The number of aromatic amines is 1. The summed E-state index contributed by atoms with van der Waals surface area (Å²) in [5.41, 5.74) is -1.27. The average Bonchev–Trinajstić information content (AvgIpc) is 2.19. The number of pyridine rings is 1. The third-order valence-corrected chi connectivity index (χ3v) is 2.17. The van der Waals surface area contributed by atoms with Crippen molar-refractivity contribution < 1.29 is 22.7 Å². The number of alkyl halides is 4. The lowest BCUT2D eigenvalue weighted by atomic mass is 10.2. The fourth-order valence-electron chi connectivity index (χ4n) is 1.00. The summed E-state index contributed by atoms with van der Waals surface area (Å²) >= 11 is 2.99. The first kappa shape index (κ1) is 12.8. The van der Waals surface area contributed by atoms with Crippen molar-refractivity contribution in [2.75, 3.05) is 0 Å². The molecule has 1 aromatic rings. The molecule has 0 unspecified atom stereocenters. The lowest BCUT2D eigenvalue weighted by molar-refractivity contribution is -0.275. The van der Waals surface area contributed by atoms with Gasteiger partial charge in [-0.1, -0.05) is 15.9 Å². The highest BCUT2D eigenvalue weighted by atomic mass is 79.9. The van der Waals surface area contributed by atoms with Gasteiger partial charge in [0.15, 0.2) is 6.29 Å². The van der Waals surface area contributed by atoms with Crippen molar-refractivity contribution >= 4 is 22.2 Å². The Balaban J connectivity index is 3.28. The van der Waals surface area contributed by atoms with Crippen molar-refractivity contribution in [3.63, 3.8) is 0 Å². The minimum atomic E-state index is -5.01. The molecular formula is C8H5BrF3NO3. The number of carbonyl (C=O) groups excluding carboxylic acids is 1. The number of aldehydes is 1. The Morgan fingerprint density at radius 1 is 1.50 bits per heavy atom. The second-order valence-corrected chi connectivity index (χ2v) is 3.27. The molecule has 1 N–H and O–H groups in total. The molecule has 0 fully saturated rings. The summed E-state index contributed by atoms with van der Waals surface area (Å²) < 4.78 is 39.2. The number of aromatic nitrogens is 1. The van der Waals surface area contributed by atoms with E-state index in [4.69, 9.17) is 0 Å². The van der Waals surface area contributed by atoms with Gasteiger partial charge in [-0.3, -0.25) is 9.59 Å². The van der Waals surface area contributed by atoms with Crippen LogP contribution in [0.5, 0.6) is 5.75 Å². The van der Waals surface area contributed by atoms with E-state index in [1.165, 1.54) is 0 Å². The van der Waals surface area contributed by atoms with Crippen LogP contribution in [0.4, 0.5) is 13.2 Å². The highest BCUT2D eigenvalue weighted by Crippen LogP contribution is 2.22. The predicted molar refractivity (Wildman–Crippen MR) is 51.8 cm³/mol. The molecule has 0 spiro atoms. The predicted octanol–water partition coefficient (Wildman–Crippen LogP) is 1.98. The van der Waals surface area contributed by atoms with Gasteiger partial charge < -0.3 is 9.72 Å². The van der Waals surface area contributed by atoms with Crippen LogP contribution in [0.1, 0.15) is 16.1 Å². The molecule has 0 aliphatic rings. The van der Waals surface area contributed by atoms with E-state index < -0.39 is 23.2 Å². The molecule has 0 bridgehead atoms. The van der Waals surface area contributed by atoms with Crippen LogP contribution in [-0.4, -0.2) is 17.6 Å². The second kappa shape index (κ2) is 4.69. The molecular weight excluding hydrogens is 295 g/mol. The average molecular weight is 300 g/mol. The van der Waals surface area contributed by atoms with Gasteiger partial charge in [-0.05, 0) is 6.07 Å². The molecule has 0 aromatic carbocycles. The smallest absolute Gasteiger partial charge is 0.399 e. The van der Waals surface area contributed by atoms with Crippen molar-refractivity contribution in [2.24, 2.45) is 0 Å². The summed E-state index contributed by atoms with van der Waals surface area (Å²) in [4.78, 5) is 23.9. The quantitative estimate of drug-likeness (QED) is 0.686. The van der Waals surface area contributed by atoms with Gasteiger partial charge in [0.2, 0.25) is 5.75 Å². The normalized spacial score (nSPS) is 11.2. The molecule has 4 nitrogen and oxygen atoms in total. The van der Waals surface area contributed by atoms with Crippen molar-refractivity contribution in [2.45, 2.75) is 11.7 Å². The first-order valence-corrected chi connectivity index (χ1v) is 5.02. The third kappa shape index (κ3) is 3.09. The number of hydrogen-bond acceptors (Lipinski definition) is 3. The van der Waals surface area contributed by atoms with Crippen LogP contribution in [0, 0.1) is 0 Å². The van der Waals surface area contributed by atoms with E-state index in [0.29, 0.717) is 0 Å². The zero-order chi connectivity index (χ0) is 12.3. The van der Waals surface area contributed by atoms with Crippen LogP contribution >= 0.6 is 15.9 Å².